The first-order valence-corrected chi connectivity index (χ1v) is 9.01. The van der Waals surface area contributed by atoms with Crippen molar-refractivity contribution in [2.24, 2.45) is 5.92 Å². The SMILES string of the molecule is CC1(C)CC(NCC2CNNC2c2ccc(F)cc2)CC(C)(C)N1. The van der Waals surface area contributed by atoms with E-state index in [-0.39, 0.29) is 22.9 Å². The van der Waals surface area contributed by atoms with Gasteiger partial charge >= 0.3 is 0 Å². The monoisotopic (exact) mass is 334 g/mol. The molecule has 0 saturated carbocycles. The van der Waals surface area contributed by atoms with E-state index in [9.17, 15) is 4.39 Å². The fourth-order valence-corrected chi connectivity index (χ4v) is 4.54. The van der Waals surface area contributed by atoms with Gasteiger partial charge in [-0.15, -0.1) is 0 Å². The van der Waals surface area contributed by atoms with E-state index in [0.29, 0.717) is 12.0 Å². The molecule has 0 spiro atoms. The van der Waals surface area contributed by atoms with Gasteiger partial charge in [-0.1, -0.05) is 12.1 Å². The van der Waals surface area contributed by atoms with Crippen LogP contribution in [-0.2, 0) is 0 Å². The molecule has 2 unspecified atom stereocenters. The van der Waals surface area contributed by atoms with Crippen LogP contribution in [0, 0.1) is 11.7 Å². The molecular weight excluding hydrogens is 303 g/mol. The summed E-state index contributed by atoms with van der Waals surface area (Å²) >= 11 is 0. The summed E-state index contributed by atoms with van der Waals surface area (Å²) in [5.74, 6) is 0.273. The van der Waals surface area contributed by atoms with Crippen molar-refractivity contribution in [2.45, 2.75) is 63.7 Å². The maximum atomic E-state index is 13.2. The number of hydrogen-bond donors (Lipinski definition) is 4. The van der Waals surface area contributed by atoms with E-state index in [2.05, 4.69) is 49.2 Å². The van der Waals surface area contributed by atoms with Gasteiger partial charge in [-0.3, -0.25) is 5.43 Å². The van der Waals surface area contributed by atoms with E-state index in [1.165, 1.54) is 12.1 Å². The number of rotatable bonds is 4. The highest BCUT2D eigenvalue weighted by Gasteiger charge is 2.38. The molecule has 0 bridgehead atoms. The van der Waals surface area contributed by atoms with Gasteiger partial charge in [0.1, 0.15) is 5.82 Å². The second-order valence-electron chi connectivity index (χ2n) is 8.72. The third-order valence-electron chi connectivity index (χ3n) is 5.18. The average molecular weight is 334 g/mol. The summed E-state index contributed by atoms with van der Waals surface area (Å²) in [4.78, 5) is 0. The zero-order valence-corrected chi connectivity index (χ0v) is 15.2. The number of hydrogen-bond acceptors (Lipinski definition) is 4. The zero-order valence-electron chi connectivity index (χ0n) is 15.2. The molecule has 24 heavy (non-hydrogen) atoms. The molecule has 0 aliphatic carbocycles. The molecule has 134 valence electrons. The van der Waals surface area contributed by atoms with Crippen molar-refractivity contribution < 1.29 is 4.39 Å². The Morgan fingerprint density at radius 1 is 1.08 bits per heavy atom. The van der Waals surface area contributed by atoms with Crippen LogP contribution in [0.15, 0.2) is 24.3 Å². The van der Waals surface area contributed by atoms with Crippen LogP contribution in [-0.4, -0.2) is 30.2 Å². The molecule has 2 heterocycles. The fraction of sp³-hybridized carbons (Fsp3) is 0.684. The van der Waals surface area contributed by atoms with Crippen molar-refractivity contribution in [2.75, 3.05) is 13.1 Å². The Hall–Kier alpha value is -1.01. The fourth-order valence-electron chi connectivity index (χ4n) is 4.54. The smallest absolute Gasteiger partial charge is 0.123 e. The second-order valence-corrected chi connectivity index (χ2v) is 8.72. The summed E-state index contributed by atoms with van der Waals surface area (Å²) in [5, 5.41) is 7.52. The zero-order chi connectivity index (χ0) is 17.4. The van der Waals surface area contributed by atoms with Crippen LogP contribution in [0.3, 0.4) is 0 Å². The third-order valence-corrected chi connectivity index (χ3v) is 5.18. The number of benzene rings is 1. The Morgan fingerprint density at radius 2 is 1.71 bits per heavy atom. The molecule has 1 aromatic carbocycles. The number of nitrogens with one attached hydrogen (secondary N) is 4. The lowest BCUT2D eigenvalue weighted by Crippen LogP contribution is -2.62. The summed E-state index contributed by atoms with van der Waals surface area (Å²) in [6, 6.07) is 7.58. The van der Waals surface area contributed by atoms with Gasteiger partial charge in [0.15, 0.2) is 0 Å². The second kappa shape index (κ2) is 6.71. The van der Waals surface area contributed by atoms with E-state index >= 15 is 0 Å². The standard InChI is InChI=1S/C19H31FN4/c1-18(2)9-16(10-19(3,4)24-18)21-11-14-12-22-23-17(14)13-5-7-15(20)8-6-13/h5-8,14,16-17,21-24H,9-12H2,1-4H3. The molecular formula is C19H31FN4. The van der Waals surface area contributed by atoms with Crippen molar-refractivity contribution >= 4 is 0 Å². The van der Waals surface area contributed by atoms with Gasteiger partial charge in [0.2, 0.25) is 0 Å². The molecule has 2 atom stereocenters. The van der Waals surface area contributed by atoms with Crippen LogP contribution < -0.4 is 21.5 Å². The number of halogens is 1. The van der Waals surface area contributed by atoms with E-state index in [0.717, 1.165) is 31.5 Å². The van der Waals surface area contributed by atoms with Crippen LogP contribution in [0.25, 0.3) is 0 Å². The lowest BCUT2D eigenvalue weighted by Gasteiger charge is -2.47. The van der Waals surface area contributed by atoms with E-state index in [4.69, 9.17) is 0 Å². The van der Waals surface area contributed by atoms with Gasteiger partial charge in [0.25, 0.3) is 0 Å². The predicted octanol–water partition coefficient (Wildman–Crippen LogP) is 2.49. The minimum absolute atomic E-state index is 0.155. The van der Waals surface area contributed by atoms with E-state index in [1.807, 2.05) is 12.1 Å². The van der Waals surface area contributed by atoms with Crippen molar-refractivity contribution in [1.29, 1.82) is 0 Å². The van der Waals surface area contributed by atoms with Gasteiger partial charge in [-0.25, -0.2) is 9.82 Å². The molecule has 0 radical (unpaired) electrons. The van der Waals surface area contributed by atoms with Gasteiger partial charge in [-0.05, 0) is 58.2 Å². The maximum Gasteiger partial charge on any atom is 0.123 e. The molecule has 0 amide bonds. The predicted molar refractivity (Wildman–Crippen MR) is 96.1 cm³/mol. The van der Waals surface area contributed by atoms with Gasteiger partial charge in [-0.2, -0.15) is 0 Å². The van der Waals surface area contributed by atoms with Gasteiger partial charge in [0, 0.05) is 36.1 Å². The molecule has 2 fully saturated rings. The first-order valence-electron chi connectivity index (χ1n) is 9.01. The molecule has 2 saturated heterocycles. The lowest BCUT2D eigenvalue weighted by atomic mass is 9.79. The third kappa shape index (κ3) is 4.33. The molecule has 0 aromatic heterocycles. The number of hydrazine groups is 1. The summed E-state index contributed by atoms with van der Waals surface area (Å²) in [5.41, 5.74) is 8.05. The molecule has 4 nitrogen and oxygen atoms in total. The van der Waals surface area contributed by atoms with Crippen LogP contribution in [0.4, 0.5) is 4.39 Å². The molecule has 5 heteroatoms. The van der Waals surface area contributed by atoms with E-state index < -0.39 is 0 Å². The number of piperidine rings is 1. The minimum Gasteiger partial charge on any atom is -0.313 e. The largest absolute Gasteiger partial charge is 0.313 e. The van der Waals surface area contributed by atoms with Gasteiger partial charge in [0.05, 0.1) is 6.04 Å². The highest BCUT2D eigenvalue weighted by Crippen LogP contribution is 2.30. The summed E-state index contributed by atoms with van der Waals surface area (Å²) in [6.45, 7) is 11.0. The Kier molecular flexibility index (Phi) is 4.98. The highest BCUT2D eigenvalue weighted by atomic mass is 19.1. The Bertz CT molecular complexity index is 539. The quantitative estimate of drug-likeness (QED) is 0.683. The van der Waals surface area contributed by atoms with E-state index in [1.54, 1.807) is 0 Å². The molecule has 1 aromatic rings. The Morgan fingerprint density at radius 3 is 2.33 bits per heavy atom. The maximum absolute atomic E-state index is 13.2. The normalized spacial score (nSPS) is 29.7. The average Bonchev–Trinajstić information content (AvgIpc) is 2.91. The van der Waals surface area contributed by atoms with Crippen molar-refractivity contribution in [1.82, 2.24) is 21.5 Å². The topological polar surface area (TPSA) is 48.1 Å². The van der Waals surface area contributed by atoms with Crippen LogP contribution in [0.1, 0.15) is 52.1 Å². The van der Waals surface area contributed by atoms with Crippen LogP contribution >= 0.6 is 0 Å². The summed E-state index contributed by atoms with van der Waals surface area (Å²) in [7, 11) is 0. The first kappa shape index (κ1) is 17.8. The Balaban J connectivity index is 1.60. The molecule has 2 aliphatic rings. The minimum atomic E-state index is -0.182. The first-order chi connectivity index (χ1) is 11.2. The molecule has 2 aliphatic heterocycles. The van der Waals surface area contributed by atoms with Crippen LogP contribution in [0.2, 0.25) is 0 Å². The summed E-state index contributed by atoms with van der Waals surface area (Å²) in [6.07, 6.45) is 2.26. The van der Waals surface area contributed by atoms with Crippen molar-refractivity contribution in [3.63, 3.8) is 0 Å². The summed E-state index contributed by atoms with van der Waals surface area (Å²) < 4.78 is 13.2. The molecule has 3 rings (SSSR count). The lowest BCUT2D eigenvalue weighted by molar-refractivity contribution is 0.143. The van der Waals surface area contributed by atoms with Crippen molar-refractivity contribution in [3.8, 4) is 0 Å². The Labute approximate surface area is 144 Å². The van der Waals surface area contributed by atoms with Crippen molar-refractivity contribution in [3.05, 3.63) is 35.6 Å². The van der Waals surface area contributed by atoms with Crippen LogP contribution in [0.5, 0.6) is 0 Å². The molecule has 4 N–H and O–H groups in total. The van der Waals surface area contributed by atoms with Gasteiger partial charge < -0.3 is 10.6 Å². The highest BCUT2D eigenvalue weighted by molar-refractivity contribution is 5.21.